The van der Waals surface area contributed by atoms with Gasteiger partial charge in [-0.25, -0.2) is 4.98 Å². The fourth-order valence-electron chi connectivity index (χ4n) is 5.03. The molecule has 4 aromatic rings. The number of rotatable bonds is 15. The largest absolute Gasteiger partial charge is 0.454 e. The monoisotopic (exact) mass is 557 g/mol. The van der Waals surface area contributed by atoms with Crippen LogP contribution in [0.4, 0.5) is 5.95 Å². The number of hydrogen-bond donors (Lipinski definition) is 3. The van der Waals surface area contributed by atoms with Gasteiger partial charge in [-0.2, -0.15) is 0 Å². The number of aryl methyl sites for hydroxylation is 3. The minimum Gasteiger partial charge on any atom is -0.454 e. The van der Waals surface area contributed by atoms with Crippen LogP contribution in [-0.4, -0.2) is 44.2 Å². The van der Waals surface area contributed by atoms with Gasteiger partial charge in [-0.05, 0) is 74.4 Å². The Morgan fingerprint density at radius 3 is 2.66 bits per heavy atom. The van der Waals surface area contributed by atoms with Crippen molar-refractivity contribution in [1.82, 2.24) is 30.3 Å². The first-order valence-corrected chi connectivity index (χ1v) is 14.6. The molecular weight excluding hydrogens is 518 g/mol. The predicted molar refractivity (Wildman–Crippen MR) is 158 cm³/mol. The number of aromatic amines is 1. The van der Waals surface area contributed by atoms with Crippen LogP contribution in [0.2, 0.25) is 0 Å². The van der Waals surface area contributed by atoms with Gasteiger partial charge in [-0.1, -0.05) is 43.5 Å². The number of nitrogens with zero attached hydrogens (tertiary/aromatic N) is 4. The second-order valence-corrected chi connectivity index (χ2v) is 10.5. The van der Waals surface area contributed by atoms with Crippen molar-refractivity contribution in [1.29, 1.82) is 0 Å². The number of amides is 1. The second kappa shape index (κ2) is 13.8. The van der Waals surface area contributed by atoms with Crippen molar-refractivity contribution in [2.24, 2.45) is 0 Å². The number of nitrogens with two attached hydrogens (primary N) is 1. The zero-order chi connectivity index (χ0) is 28.4. The van der Waals surface area contributed by atoms with Gasteiger partial charge in [-0.3, -0.25) is 9.48 Å². The summed E-state index contributed by atoms with van der Waals surface area (Å²) in [5.41, 5.74) is 11.7. The van der Waals surface area contributed by atoms with Crippen LogP contribution >= 0.6 is 0 Å². The van der Waals surface area contributed by atoms with Gasteiger partial charge in [0.25, 0.3) is 5.91 Å². The van der Waals surface area contributed by atoms with Gasteiger partial charge in [0.1, 0.15) is 0 Å². The van der Waals surface area contributed by atoms with Crippen molar-refractivity contribution >= 4 is 11.9 Å². The van der Waals surface area contributed by atoms with Crippen molar-refractivity contribution in [3.05, 3.63) is 71.2 Å². The number of aromatic nitrogens is 5. The summed E-state index contributed by atoms with van der Waals surface area (Å²) in [5.74, 6) is 1.83. The lowest BCUT2D eigenvalue weighted by atomic mass is 10.0. The fraction of sp³-hybridized carbons (Fsp3) is 0.419. The van der Waals surface area contributed by atoms with E-state index < -0.39 is 0 Å². The van der Waals surface area contributed by atoms with Gasteiger partial charge < -0.3 is 25.5 Å². The SMILES string of the molecule is CCCCCc1ccc(C(=O)NCCn2cc(CCCCCc3[nH]c(N)nc3-c3ccc4c(c3)OCO4)nn2)cc1. The molecule has 10 nitrogen and oxygen atoms in total. The molecule has 0 aliphatic carbocycles. The predicted octanol–water partition coefficient (Wildman–Crippen LogP) is 5.10. The van der Waals surface area contributed by atoms with Crippen LogP contribution in [0.3, 0.4) is 0 Å². The summed E-state index contributed by atoms with van der Waals surface area (Å²) in [5, 5.41) is 11.5. The van der Waals surface area contributed by atoms with Crippen LogP contribution in [0, 0.1) is 0 Å². The molecule has 10 heteroatoms. The number of nitrogen functional groups attached to an aromatic ring is 1. The van der Waals surface area contributed by atoms with Crippen LogP contribution in [0.5, 0.6) is 11.5 Å². The van der Waals surface area contributed by atoms with E-state index in [2.05, 4.69) is 44.7 Å². The Hall–Kier alpha value is -4.34. The molecule has 2 aromatic heterocycles. The first kappa shape index (κ1) is 28.2. The molecule has 5 rings (SSSR count). The van der Waals surface area contributed by atoms with E-state index in [0.29, 0.717) is 24.6 Å². The topological polar surface area (TPSA) is 133 Å². The molecule has 2 aromatic carbocycles. The summed E-state index contributed by atoms with van der Waals surface area (Å²) in [4.78, 5) is 20.2. The van der Waals surface area contributed by atoms with Crippen LogP contribution < -0.4 is 20.5 Å². The highest BCUT2D eigenvalue weighted by Crippen LogP contribution is 2.36. The lowest BCUT2D eigenvalue weighted by Gasteiger charge is -2.06. The summed E-state index contributed by atoms with van der Waals surface area (Å²) >= 11 is 0. The maximum Gasteiger partial charge on any atom is 0.251 e. The quantitative estimate of drug-likeness (QED) is 0.173. The second-order valence-electron chi connectivity index (χ2n) is 10.5. The molecule has 216 valence electrons. The minimum atomic E-state index is -0.0637. The van der Waals surface area contributed by atoms with Gasteiger partial charge >= 0.3 is 0 Å². The Bertz CT molecular complexity index is 1430. The van der Waals surface area contributed by atoms with Crippen LogP contribution in [-0.2, 0) is 25.8 Å². The molecule has 0 saturated carbocycles. The molecule has 0 spiro atoms. The number of ether oxygens (including phenoxy) is 2. The van der Waals surface area contributed by atoms with Gasteiger partial charge in [-0.15, -0.1) is 5.10 Å². The number of imidazole rings is 1. The van der Waals surface area contributed by atoms with Crippen molar-refractivity contribution in [2.75, 3.05) is 19.1 Å². The summed E-state index contributed by atoms with van der Waals surface area (Å²) < 4.78 is 12.7. The number of benzene rings is 2. The van der Waals surface area contributed by atoms with Crippen LogP contribution in [0.25, 0.3) is 11.3 Å². The molecule has 1 aliphatic heterocycles. The molecule has 0 saturated heterocycles. The number of fused-ring (bicyclic) bond motifs is 1. The average Bonchev–Trinajstić information content (AvgIpc) is 3.73. The number of H-pyrrole nitrogens is 1. The maximum absolute atomic E-state index is 12.5. The van der Waals surface area contributed by atoms with E-state index in [1.54, 1.807) is 4.68 Å². The van der Waals surface area contributed by atoms with Gasteiger partial charge in [0, 0.05) is 29.6 Å². The number of carbonyl (C=O) groups excluding carboxylic acids is 1. The van der Waals surface area contributed by atoms with Crippen LogP contribution in [0.1, 0.15) is 72.8 Å². The van der Waals surface area contributed by atoms with Crippen LogP contribution in [0.15, 0.2) is 48.7 Å². The molecule has 0 radical (unpaired) electrons. The Morgan fingerprint density at radius 1 is 1.00 bits per heavy atom. The Kier molecular flexibility index (Phi) is 9.51. The molecule has 4 N–H and O–H groups in total. The molecule has 0 fully saturated rings. The van der Waals surface area contributed by atoms with Crippen molar-refractivity contribution in [3.63, 3.8) is 0 Å². The fourth-order valence-corrected chi connectivity index (χ4v) is 5.03. The van der Waals surface area contributed by atoms with E-state index in [1.807, 2.05) is 36.5 Å². The molecule has 0 unspecified atom stereocenters. The summed E-state index contributed by atoms with van der Waals surface area (Å²) in [6.07, 6.45) is 11.4. The van der Waals surface area contributed by atoms with Gasteiger partial charge in [0.05, 0.1) is 17.9 Å². The number of nitrogens with one attached hydrogen (secondary N) is 2. The highest BCUT2D eigenvalue weighted by molar-refractivity contribution is 5.94. The van der Waals surface area contributed by atoms with E-state index in [0.717, 1.165) is 72.7 Å². The summed E-state index contributed by atoms with van der Waals surface area (Å²) in [6.45, 7) is 3.53. The first-order chi connectivity index (χ1) is 20.1. The highest BCUT2D eigenvalue weighted by Gasteiger charge is 2.17. The van der Waals surface area contributed by atoms with E-state index in [-0.39, 0.29) is 12.7 Å². The lowest BCUT2D eigenvalue weighted by molar-refractivity contribution is 0.0952. The lowest BCUT2D eigenvalue weighted by Crippen LogP contribution is -2.27. The van der Waals surface area contributed by atoms with Crippen molar-refractivity contribution < 1.29 is 14.3 Å². The first-order valence-electron chi connectivity index (χ1n) is 14.6. The average molecular weight is 558 g/mol. The number of unbranched alkanes of at least 4 members (excludes halogenated alkanes) is 4. The zero-order valence-corrected chi connectivity index (χ0v) is 23.7. The smallest absolute Gasteiger partial charge is 0.251 e. The third-order valence-electron chi connectivity index (χ3n) is 7.30. The van der Waals surface area contributed by atoms with Gasteiger partial charge in [0.15, 0.2) is 17.4 Å². The Balaban J connectivity index is 1.00. The summed E-state index contributed by atoms with van der Waals surface area (Å²) in [6, 6.07) is 13.7. The molecule has 0 bridgehead atoms. The van der Waals surface area contributed by atoms with E-state index >= 15 is 0 Å². The van der Waals surface area contributed by atoms with Gasteiger partial charge in [0.2, 0.25) is 6.79 Å². The normalized spacial score (nSPS) is 12.1. The van der Waals surface area contributed by atoms with E-state index in [9.17, 15) is 4.79 Å². The minimum absolute atomic E-state index is 0.0637. The molecular formula is C31H39N7O3. The maximum atomic E-state index is 12.5. The molecule has 41 heavy (non-hydrogen) atoms. The number of hydrogen-bond acceptors (Lipinski definition) is 7. The molecule has 1 aliphatic rings. The third-order valence-corrected chi connectivity index (χ3v) is 7.30. The molecule has 1 amide bonds. The van der Waals surface area contributed by atoms with Crippen molar-refractivity contribution in [3.8, 4) is 22.8 Å². The molecule has 0 atom stereocenters. The highest BCUT2D eigenvalue weighted by atomic mass is 16.7. The standard InChI is InChI=1S/C31H39N7O3/c1-2-3-5-8-22-11-13-23(14-12-22)30(39)33-17-18-38-20-25(36-37-38)9-6-4-7-10-26-29(35-31(32)34-26)24-15-16-27-28(19-24)41-21-40-27/h11-16,19-20H,2-10,17-18,21H2,1H3,(H,33,39)(H3,32,34,35). The van der Waals surface area contributed by atoms with E-state index in [4.69, 9.17) is 15.2 Å². The Labute approximate surface area is 240 Å². The number of anilines is 1. The van der Waals surface area contributed by atoms with E-state index in [1.165, 1.54) is 24.8 Å². The zero-order valence-electron chi connectivity index (χ0n) is 23.7. The number of carbonyl (C=O) groups is 1. The summed E-state index contributed by atoms with van der Waals surface area (Å²) in [7, 11) is 0. The van der Waals surface area contributed by atoms with Crippen molar-refractivity contribution in [2.45, 2.75) is 71.3 Å². The Morgan fingerprint density at radius 2 is 1.80 bits per heavy atom. The third kappa shape index (κ3) is 7.65. The molecule has 3 heterocycles.